The number of hydrogen-bond donors (Lipinski definition) is 2. The molecule has 4 aliphatic rings. The van der Waals surface area contributed by atoms with Crippen molar-refractivity contribution in [3.05, 3.63) is 0 Å². The quantitative estimate of drug-likeness (QED) is 0.770. The second kappa shape index (κ2) is 4.66. The standard InChI is InChI=1S/C16H25NO4/c1-8(2)15(3,4)14(19)21-13-12-10(7-17)16(13)6-9(16)5-11(18)20-12/h8-14,18-19H,5-6H2,1-4H3/t9?,10?,11?,12?,13?,14?,16-/m1/s1. The van der Waals surface area contributed by atoms with E-state index in [0.717, 1.165) is 6.42 Å². The SMILES string of the molecule is CC(C)C(C)(C)C(O)OC1C2OC(O)CC3C[C@]31C2C#N. The zero-order valence-corrected chi connectivity index (χ0v) is 13.1. The van der Waals surface area contributed by atoms with E-state index in [9.17, 15) is 15.5 Å². The van der Waals surface area contributed by atoms with E-state index in [2.05, 4.69) is 19.9 Å². The largest absolute Gasteiger partial charge is 0.368 e. The predicted molar refractivity (Wildman–Crippen MR) is 74.6 cm³/mol. The maximum Gasteiger partial charge on any atom is 0.160 e. The van der Waals surface area contributed by atoms with Gasteiger partial charge in [-0.3, -0.25) is 0 Å². The molecule has 0 aromatic rings. The lowest BCUT2D eigenvalue weighted by molar-refractivity contribution is -0.299. The number of nitrogens with zero attached hydrogens (tertiary/aromatic N) is 1. The van der Waals surface area contributed by atoms with Gasteiger partial charge in [-0.25, -0.2) is 0 Å². The molecule has 1 spiro atoms. The van der Waals surface area contributed by atoms with Gasteiger partial charge in [0, 0.05) is 17.3 Å². The average molecular weight is 295 g/mol. The zero-order valence-electron chi connectivity index (χ0n) is 13.1. The van der Waals surface area contributed by atoms with Crippen molar-refractivity contribution in [2.24, 2.45) is 28.6 Å². The van der Waals surface area contributed by atoms with E-state index in [4.69, 9.17) is 9.47 Å². The van der Waals surface area contributed by atoms with Crippen LogP contribution in [0, 0.1) is 39.9 Å². The molecule has 5 nitrogen and oxygen atoms in total. The van der Waals surface area contributed by atoms with Gasteiger partial charge in [-0.15, -0.1) is 0 Å². The fourth-order valence-corrected chi connectivity index (χ4v) is 3.87. The molecule has 4 fully saturated rings. The first-order valence-corrected chi connectivity index (χ1v) is 7.81. The molecular weight excluding hydrogens is 270 g/mol. The fourth-order valence-electron chi connectivity index (χ4n) is 3.87. The Morgan fingerprint density at radius 3 is 2.67 bits per heavy atom. The van der Waals surface area contributed by atoms with E-state index in [-0.39, 0.29) is 34.7 Å². The Morgan fingerprint density at radius 2 is 2.10 bits per heavy atom. The van der Waals surface area contributed by atoms with Crippen molar-refractivity contribution in [1.29, 1.82) is 5.26 Å². The molecule has 21 heavy (non-hydrogen) atoms. The number of fused-ring (bicyclic) bond motifs is 2. The summed E-state index contributed by atoms with van der Waals surface area (Å²) in [5.74, 6) is 0.314. The van der Waals surface area contributed by atoms with Crippen LogP contribution >= 0.6 is 0 Å². The lowest BCUT2D eigenvalue weighted by Crippen LogP contribution is -2.61. The van der Waals surface area contributed by atoms with Gasteiger partial charge in [-0.2, -0.15) is 5.26 Å². The zero-order chi connectivity index (χ0) is 15.6. The van der Waals surface area contributed by atoms with Gasteiger partial charge < -0.3 is 19.7 Å². The van der Waals surface area contributed by atoms with Gasteiger partial charge in [0.1, 0.15) is 6.10 Å². The molecule has 5 heteroatoms. The van der Waals surface area contributed by atoms with Crippen LogP contribution in [0.25, 0.3) is 0 Å². The van der Waals surface area contributed by atoms with Crippen LogP contribution in [0.4, 0.5) is 0 Å². The Morgan fingerprint density at radius 1 is 1.43 bits per heavy atom. The molecule has 2 aliphatic heterocycles. The third-order valence-corrected chi connectivity index (χ3v) is 6.28. The number of rotatable bonds is 4. The van der Waals surface area contributed by atoms with Crippen LogP contribution in [0.5, 0.6) is 0 Å². The Balaban J connectivity index is 1.77. The number of aliphatic hydroxyl groups is 2. The summed E-state index contributed by atoms with van der Waals surface area (Å²) < 4.78 is 11.5. The number of ether oxygens (including phenoxy) is 2. The van der Waals surface area contributed by atoms with Crippen molar-refractivity contribution < 1.29 is 19.7 Å². The van der Waals surface area contributed by atoms with E-state index in [1.54, 1.807) is 0 Å². The summed E-state index contributed by atoms with van der Waals surface area (Å²) in [6.07, 6.45) is -0.960. The minimum atomic E-state index is -0.901. The van der Waals surface area contributed by atoms with Gasteiger partial charge in [-0.1, -0.05) is 27.7 Å². The molecule has 0 radical (unpaired) electrons. The van der Waals surface area contributed by atoms with Crippen LogP contribution in [-0.4, -0.2) is 35.0 Å². The van der Waals surface area contributed by atoms with Gasteiger partial charge in [0.2, 0.25) is 0 Å². The molecule has 2 saturated heterocycles. The summed E-state index contributed by atoms with van der Waals surface area (Å²) >= 11 is 0. The summed E-state index contributed by atoms with van der Waals surface area (Å²) in [6.45, 7) is 8.06. The summed E-state index contributed by atoms with van der Waals surface area (Å²) in [4.78, 5) is 0. The maximum absolute atomic E-state index is 10.5. The monoisotopic (exact) mass is 295 g/mol. The van der Waals surface area contributed by atoms with Crippen molar-refractivity contribution in [3.63, 3.8) is 0 Å². The molecule has 2 heterocycles. The lowest BCUT2D eigenvalue weighted by atomic mass is 9.64. The summed E-state index contributed by atoms with van der Waals surface area (Å²) in [5, 5.41) is 29.7. The third kappa shape index (κ3) is 1.97. The highest BCUT2D eigenvalue weighted by Gasteiger charge is 2.78. The lowest BCUT2D eigenvalue weighted by Gasteiger charge is -2.50. The predicted octanol–water partition coefficient (Wildman–Crippen LogP) is 1.64. The van der Waals surface area contributed by atoms with Gasteiger partial charge in [0.25, 0.3) is 0 Å². The van der Waals surface area contributed by atoms with Gasteiger partial charge >= 0.3 is 0 Å². The van der Waals surface area contributed by atoms with Gasteiger partial charge in [0.15, 0.2) is 12.6 Å². The van der Waals surface area contributed by atoms with Gasteiger partial charge in [0.05, 0.1) is 18.1 Å². The van der Waals surface area contributed by atoms with Crippen molar-refractivity contribution in [3.8, 4) is 6.07 Å². The normalized spacial score (nSPS) is 46.1. The summed E-state index contributed by atoms with van der Waals surface area (Å²) in [7, 11) is 0. The third-order valence-electron chi connectivity index (χ3n) is 6.28. The topological polar surface area (TPSA) is 82.7 Å². The Kier molecular flexibility index (Phi) is 3.38. The Bertz CT molecular complexity index is 471. The number of nitriles is 1. The molecular formula is C16H25NO4. The first-order valence-electron chi connectivity index (χ1n) is 7.81. The minimum Gasteiger partial charge on any atom is -0.368 e. The van der Waals surface area contributed by atoms with Crippen LogP contribution in [-0.2, 0) is 9.47 Å². The summed E-state index contributed by atoms with van der Waals surface area (Å²) in [5.41, 5.74) is -0.578. The molecule has 6 unspecified atom stereocenters. The number of hydrogen-bond acceptors (Lipinski definition) is 5. The molecule has 2 saturated carbocycles. The highest BCUT2D eigenvalue weighted by atomic mass is 16.7. The second-order valence-corrected chi connectivity index (χ2v) is 7.80. The van der Waals surface area contributed by atoms with Crippen LogP contribution in [0.1, 0.15) is 40.5 Å². The Hall–Kier alpha value is -0.670. The van der Waals surface area contributed by atoms with Crippen molar-refractivity contribution in [2.45, 2.75) is 65.3 Å². The van der Waals surface area contributed by atoms with Crippen LogP contribution in [0.2, 0.25) is 0 Å². The fraction of sp³-hybridized carbons (Fsp3) is 0.938. The molecule has 2 aliphatic carbocycles. The molecule has 118 valence electrons. The van der Waals surface area contributed by atoms with E-state index < -0.39 is 18.7 Å². The first kappa shape index (κ1) is 15.2. The van der Waals surface area contributed by atoms with E-state index in [1.165, 1.54) is 0 Å². The minimum absolute atomic E-state index is 0.203. The van der Waals surface area contributed by atoms with Gasteiger partial charge in [-0.05, 0) is 18.3 Å². The van der Waals surface area contributed by atoms with Crippen molar-refractivity contribution in [2.75, 3.05) is 0 Å². The molecule has 4 rings (SSSR count). The van der Waals surface area contributed by atoms with Crippen LogP contribution in [0.3, 0.4) is 0 Å². The Labute approximate surface area is 125 Å². The molecule has 2 bridgehead atoms. The number of aliphatic hydroxyl groups excluding tert-OH is 2. The highest BCUT2D eigenvalue weighted by Crippen LogP contribution is 2.73. The van der Waals surface area contributed by atoms with Crippen LogP contribution < -0.4 is 0 Å². The molecule has 0 aromatic heterocycles. The molecule has 2 N–H and O–H groups in total. The van der Waals surface area contributed by atoms with E-state index >= 15 is 0 Å². The van der Waals surface area contributed by atoms with Crippen molar-refractivity contribution >= 4 is 0 Å². The summed E-state index contributed by atoms with van der Waals surface area (Å²) in [6, 6.07) is 2.31. The van der Waals surface area contributed by atoms with Crippen LogP contribution in [0.15, 0.2) is 0 Å². The van der Waals surface area contributed by atoms with E-state index in [0.29, 0.717) is 6.42 Å². The molecule has 7 atom stereocenters. The smallest absolute Gasteiger partial charge is 0.160 e. The molecule has 0 aromatic carbocycles. The van der Waals surface area contributed by atoms with Crippen molar-refractivity contribution in [1.82, 2.24) is 0 Å². The average Bonchev–Trinajstić information content (AvgIpc) is 3.12. The maximum atomic E-state index is 10.5. The van der Waals surface area contributed by atoms with E-state index in [1.807, 2.05) is 13.8 Å². The molecule has 0 amide bonds. The first-order chi connectivity index (χ1) is 9.75. The second-order valence-electron chi connectivity index (χ2n) is 7.80. The highest BCUT2D eigenvalue weighted by molar-refractivity contribution is 5.29.